The van der Waals surface area contributed by atoms with Crippen molar-refractivity contribution < 1.29 is 4.74 Å². The Hall–Kier alpha value is -0.990. The van der Waals surface area contributed by atoms with Gasteiger partial charge in [-0.05, 0) is 30.2 Å². The Balaban J connectivity index is 1.83. The van der Waals surface area contributed by atoms with E-state index in [1.165, 1.54) is 11.1 Å². The minimum absolute atomic E-state index is 0.655. The lowest BCUT2D eigenvalue weighted by Crippen LogP contribution is -2.18. The highest BCUT2D eigenvalue weighted by Crippen LogP contribution is 2.25. The molecule has 1 N–H and O–H groups in total. The molecule has 0 amide bonds. The average molecular weight is 238 g/mol. The Morgan fingerprint density at radius 2 is 2.38 bits per heavy atom. The summed E-state index contributed by atoms with van der Waals surface area (Å²) in [6.07, 6.45) is 2.05. The summed E-state index contributed by atoms with van der Waals surface area (Å²) in [7, 11) is 0. The number of halogens is 1. The quantitative estimate of drug-likeness (QED) is 0.795. The van der Waals surface area contributed by atoms with E-state index in [1.54, 1.807) is 0 Å². The second kappa shape index (κ2) is 5.37. The molecular weight excluding hydrogens is 222 g/mol. The zero-order chi connectivity index (χ0) is 11.4. The molecule has 1 heterocycles. The molecule has 1 aromatic rings. The van der Waals surface area contributed by atoms with Crippen molar-refractivity contribution in [2.45, 2.75) is 12.8 Å². The molecule has 1 aliphatic rings. The van der Waals surface area contributed by atoms with Crippen molar-refractivity contribution in [3.8, 4) is 5.75 Å². The highest BCUT2D eigenvalue weighted by Gasteiger charge is 2.11. The van der Waals surface area contributed by atoms with Gasteiger partial charge in [-0.2, -0.15) is 0 Å². The van der Waals surface area contributed by atoms with Crippen molar-refractivity contribution in [3.63, 3.8) is 0 Å². The van der Waals surface area contributed by atoms with Gasteiger partial charge in [0.2, 0.25) is 0 Å². The van der Waals surface area contributed by atoms with Crippen LogP contribution < -0.4 is 10.1 Å². The number of hydrogen-bond donors (Lipinski definition) is 1. The maximum absolute atomic E-state index is 5.66. The minimum Gasteiger partial charge on any atom is -0.493 e. The first-order valence-corrected chi connectivity index (χ1v) is 5.92. The molecule has 86 valence electrons. The fourth-order valence-corrected chi connectivity index (χ4v) is 1.95. The van der Waals surface area contributed by atoms with Crippen molar-refractivity contribution in [1.29, 1.82) is 0 Å². The number of fused-ring (bicyclic) bond motifs is 1. The molecule has 2 rings (SSSR count). The summed E-state index contributed by atoms with van der Waals surface area (Å²) in [5.41, 5.74) is 2.68. The number of ether oxygens (including phenoxy) is 1. The first-order valence-electron chi connectivity index (χ1n) is 5.54. The first-order chi connectivity index (χ1) is 7.75. The van der Waals surface area contributed by atoms with Crippen molar-refractivity contribution in [3.05, 3.63) is 40.9 Å². The Bertz CT molecular complexity index is 390. The summed E-state index contributed by atoms with van der Waals surface area (Å²) in [6.45, 7) is 6.05. The van der Waals surface area contributed by atoms with E-state index < -0.39 is 0 Å². The summed E-state index contributed by atoms with van der Waals surface area (Å²) in [6, 6.07) is 6.43. The van der Waals surface area contributed by atoms with E-state index in [9.17, 15) is 0 Å². The topological polar surface area (TPSA) is 21.3 Å². The van der Waals surface area contributed by atoms with Crippen LogP contribution in [0, 0.1) is 0 Å². The molecule has 1 aliphatic heterocycles. The van der Waals surface area contributed by atoms with Crippen molar-refractivity contribution >= 4 is 11.6 Å². The zero-order valence-corrected chi connectivity index (χ0v) is 10.0. The molecule has 0 bridgehead atoms. The molecule has 0 radical (unpaired) electrons. The third-order valence-corrected chi connectivity index (χ3v) is 2.79. The van der Waals surface area contributed by atoms with Crippen LogP contribution in [0.4, 0.5) is 0 Å². The van der Waals surface area contributed by atoms with Crippen LogP contribution >= 0.6 is 11.6 Å². The van der Waals surface area contributed by atoms with Gasteiger partial charge in [-0.3, -0.25) is 0 Å². The molecule has 0 saturated carbocycles. The molecule has 0 saturated heterocycles. The summed E-state index contributed by atoms with van der Waals surface area (Å²) in [4.78, 5) is 0. The van der Waals surface area contributed by atoms with Gasteiger partial charge in [-0.25, -0.2) is 0 Å². The largest absolute Gasteiger partial charge is 0.493 e. The van der Waals surface area contributed by atoms with E-state index in [1.807, 2.05) is 0 Å². The Kier molecular flexibility index (Phi) is 3.86. The first kappa shape index (κ1) is 11.5. The van der Waals surface area contributed by atoms with Gasteiger partial charge in [-0.1, -0.05) is 30.3 Å². The second-order valence-electron chi connectivity index (χ2n) is 3.98. The predicted octanol–water partition coefficient (Wildman–Crippen LogP) is 2.51. The maximum atomic E-state index is 5.66. The molecule has 3 heteroatoms. The van der Waals surface area contributed by atoms with Gasteiger partial charge in [0.1, 0.15) is 5.75 Å². The van der Waals surface area contributed by atoms with E-state index in [-0.39, 0.29) is 0 Å². The summed E-state index contributed by atoms with van der Waals surface area (Å²) >= 11 is 5.66. The lowest BCUT2D eigenvalue weighted by atomic mass is 10.1. The van der Waals surface area contributed by atoms with E-state index in [2.05, 4.69) is 30.1 Å². The van der Waals surface area contributed by atoms with Gasteiger partial charge < -0.3 is 10.1 Å². The molecule has 0 aliphatic carbocycles. The van der Waals surface area contributed by atoms with E-state index in [0.29, 0.717) is 11.6 Å². The van der Waals surface area contributed by atoms with Crippen molar-refractivity contribution in [2.24, 2.45) is 0 Å². The lowest BCUT2D eigenvalue weighted by molar-refractivity contribution is 0.357. The molecule has 0 unspecified atom stereocenters. The molecule has 16 heavy (non-hydrogen) atoms. The molecule has 1 aromatic carbocycles. The molecule has 0 spiro atoms. The van der Waals surface area contributed by atoms with E-state index in [0.717, 1.165) is 31.7 Å². The Morgan fingerprint density at radius 3 is 3.19 bits per heavy atom. The third kappa shape index (κ3) is 3.00. The molecular formula is C13H16ClNO. The number of hydrogen-bond acceptors (Lipinski definition) is 2. The predicted molar refractivity (Wildman–Crippen MR) is 67.2 cm³/mol. The smallest absolute Gasteiger partial charge is 0.122 e. The minimum atomic E-state index is 0.655. The summed E-state index contributed by atoms with van der Waals surface area (Å²) in [5.74, 6) is 1.05. The van der Waals surface area contributed by atoms with Gasteiger partial charge in [0.15, 0.2) is 0 Å². The molecule has 2 nitrogen and oxygen atoms in total. The van der Waals surface area contributed by atoms with Crippen LogP contribution in [0.1, 0.15) is 11.1 Å². The van der Waals surface area contributed by atoms with E-state index >= 15 is 0 Å². The van der Waals surface area contributed by atoms with Crippen LogP contribution in [-0.4, -0.2) is 19.7 Å². The fourth-order valence-electron chi connectivity index (χ4n) is 1.85. The van der Waals surface area contributed by atoms with Gasteiger partial charge in [0, 0.05) is 18.0 Å². The van der Waals surface area contributed by atoms with E-state index in [4.69, 9.17) is 16.3 Å². The summed E-state index contributed by atoms with van der Waals surface area (Å²) in [5, 5.41) is 3.89. The fraction of sp³-hybridized carbons (Fsp3) is 0.385. The van der Waals surface area contributed by atoms with Crippen LogP contribution in [0.5, 0.6) is 5.75 Å². The highest BCUT2D eigenvalue weighted by atomic mass is 35.5. The zero-order valence-electron chi connectivity index (χ0n) is 9.26. The van der Waals surface area contributed by atoms with Gasteiger partial charge in [-0.15, -0.1) is 0 Å². The van der Waals surface area contributed by atoms with Crippen molar-refractivity contribution in [1.82, 2.24) is 5.32 Å². The van der Waals surface area contributed by atoms with Crippen LogP contribution in [0.2, 0.25) is 0 Å². The monoisotopic (exact) mass is 237 g/mol. The normalized spacial score (nSPS) is 13.3. The van der Waals surface area contributed by atoms with Gasteiger partial charge in [0.05, 0.1) is 6.61 Å². The highest BCUT2D eigenvalue weighted by molar-refractivity contribution is 6.29. The van der Waals surface area contributed by atoms with Crippen molar-refractivity contribution in [2.75, 3.05) is 19.7 Å². The van der Waals surface area contributed by atoms with Crippen LogP contribution in [-0.2, 0) is 12.8 Å². The maximum Gasteiger partial charge on any atom is 0.122 e. The number of nitrogens with one attached hydrogen (secondary N) is 1. The third-order valence-electron chi connectivity index (χ3n) is 2.66. The lowest BCUT2D eigenvalue weighted by Gasteiger charge is -2.05. The SMILES string of the molecule is C=C(Cl)CNCCc1ccc2c(c1)CCO2. The summed E-state index contributed by atoms with van der Waals surface area (Å²) < 4.78 is 5.47. The average Bonchev–Trinajstić information content (AvgIpc) is 2.71. The molecule has 0 fully saturated rings. The molecule has 0 atom stereocenters. The van der Waals surface area contributed by atoms with Gasteiger partial charge in [0.25, 0.3) is 0 Å². The number of rotatable bonds is 5. The van der Waals surface area contributed by atoms with Gasteiger partial charge >= 0.3 is 0 Å². The Labute approximate surface area is 101 Å². The Morgan fingerprint density at radius 1 is 1.50 bits per heavy atom. The van der Waals surface area contributed by atoms with Crippen LogP contribution in [0.25, 0.3) is 0 Å². The number of benzene rings is 1. The second-order valence-corrected chi connectivity index (χ2v) is 4.52. The van der Waals surface area contributed by atoms with Crippen LogP contribution in [0.15, 0.2) is 29.8 Å². The molecule has 0 aromatic heterocycles. The standard InChI is InChI=1S/C13H16ClNO/c1-10(14)9-15-6-4-11-2-3-13-12(8-11)5-7-16-13/h2-3,8,15H,1,4-7,9H2. The van der Waals surface area contributed by atoms with Crippen LogP contribution in [0.3, 0.4) is 0 Å².